The Bertz CT molecular complexity index is 1020. The lowest BCUT2D eigenvalue weighted by Crippen LogP contribution is -2.47. The second-order valence-electron chi connectivity index (χ2n) is 6.30. The molecule has 3 aromatic rings. The summed E-state index contributed by atoms with van der Waals surface area (Å²) >= 11 is 11.9. The maximum atomic E-state index is 12.5. The molecule has 28 heavy (non-hydrogen) atoms. The second kappa shape index (κ2) is 8.54. The SMILES string of the molecule is CC(Oc1ccc(Cl)cc1Cl)C(=O)NC(Cc1c[nH]c2ccccc12)C(=O)O. The Kier molecular flexibility index (Phi) is 6.11. The predicted octanol–water partition coefficient (Wildman–Crippen LogP) is 4.05. The molecule has 8 heteroatoms. The van der Waals surface area contributed by atoms with Crippen LogP contribution >= 0.6 is 23.2 Å². The van der Waals surface area contributed by atoms with Gasteiger partial charge in [0.1, 0.15) is 11.8 Å². The molecule has 0 saturated carbocycles. The van der Waals surface area contributed by atoms with Crippen molar-refractivity contribution in [3.8, 4) is 5.75 Å². The van der Waals surface area contributed by atoms with Gasteiger partial charge in [-0.25, -0.2) is 4.79 Å². The third-order valence-electron chi connectivity index (χ3n) is 4.28. The van der Waals surface area contributed by atoms with Crippen LogP contribution in [0, 0.1) is 0 Å². The summed E-state index contributed by atoms with van der Waals surface area (Å²) < 4.78 is 5.55. The number of carbonyl (C=O) groups excluding carboxylic acids is 1. The van der Waals surface area contributed by atoms with Gasteiger partial charge in [0, 0.05) is 28.5 Å². The van der Waals surface area contributed by atoms with Gasteiger partial charge in [-0.2, -0.15) is 0 Å². The summed E-state index contributed by atoms with van der Waals surface area (Å²) in [4.78, 5) is 27.2. The number of carboxylic acid groups (broad SMARTS) is 1. The van der Waals surface area contributed by atoms with Crippen LogP contribution in [0.2, 0.25) is 10.0 Å². The fourth-order valence-electron chi connectivity index (χ4n) is 2.82. The molecule has 2 atom stereocenters. The van der Waals surface area contributed by atoms with Crippen LogP contribution in [0.1, 0.15) is 12.5 Å². The second-order valence-corrected chi connectivity index (χ2v) is 7.14. The molecule has 1 amide bonds. The smallest absolute Gasteiger partial charge is 0.326 e. The van der Waals surface area contributed by atoms with E-state index >= 15 is 0 Å². The van der Waals surface area contributed by atoms with Gasteiger partial charge in [-0.1, -0.05) is 41.4 Å². The van der Waals surface area contributed by atoms with E-state index in [1.54, 1.807) is 18.3 Å². The van der Waals surface area contributed by atoms with E-state index in [2.05, 4.69) is 10.3 Å². The number of H-pyrrole nitrogens is 1. The van der Waals surface area contributed by atoms with Gasteiger partial charge in [-0.05, 0) is 36.8 Å². The monoisotopic (exact) mass is 420 g/mol. The van der Waals surface area contributed by atoms with Crippen molar-refractivity contribution in [2.45, 2.75) is 25.5 Å². The summed E-state index contributed by atoms with van der Waals surface area (Å²) in [6.45, 7) is 1.52. The lowest BCUT2D eigenvalue weighted by Gasteiger charge is -2.19. The Balaban J connectivity index is 1.69. The normalized spacial score (nSPS) is 13.1. The van der Waals surface area contributed by atoms with Crippen LogP contribution < -0.4 is 10.1 Å². The number of carboxylic acids is 1. The van der Waals surface area contributed by atoms with Crippen molar-refractivity contribution in [3.05, 3.63) is 64.3 Å². The highest BCUT2D eigenvalue weighted by molar-refractivity contribution is 6.35. The zero-order valence-corrected chi connectivity index (χ0v) is 16.4. The average Bonchev–Trinajstić information content (AvgIpc) is 3.06. The number of aromatic nitrogens is 1. The Morgan fingerprint density at radius 2 is 1.96 bits per heavy atom. The number of hydrogen-bond donors (Lipinski definition) is 3. The molecule has 1 aromatic heterocycles. The molecule has 0 radical (unpaired) electrons. The van der Waals surface area contributed by atoms with Gasteiger partial charge in [0.15, 0.2) is 6.10 Å². The highest BCUT2D eigenvalue weighted by Gasteiger charge is 2.25. The number of halogens is 2. The first-order valence-electron chi connectivity index (χ1n) is 8.55. The maximum Gasteiger partial charge on any atom is 0.326 e. The first-order valence-corrected chi connectivity index (χ1v) is 9.30. The number of para-hydroxylation sites is 1. The van der Waals surface area contributed by atoms with Crippen LogP contribution in [0.25, 0.3) is 10.9 Å². The molecular weight excluding hydrogens is 403 g/mol. The van der Waals surface area contributed by atoms with Crippen molar-refractivity contribution >= 4 is 46.0 Å². The molecule has 0 spiro atoms. The molecule has 3 rings (SSSR count). The van der Waals surface area contributed by atoms with Crippen LogP contribution in [-0.4, -0.2) is 34.1 Å². The van der Waals surface area contributed by atoms with E-state index in [1.165, 1.54) is 13.0 Å². The number of fused-ring (bicyclic) bond motifs is 1. The highest BCUT2D eigenvalue weighted by Crippen LogP contribution is 2.28. The summed E-state index contributed by atoms with van der Waals surface area (Å²) in [5.74, 6) is -1.40. The Hall–Kier alpha value is -2.70. The van der Waals surface area contributed by atoms with Crippen molar-refractivity contribution in [1.82, 2.24) is 10.3 Å². The van der Waals surface area contributed by atoms with Crippen LogP contribution in [0.15, 0.2) is 48.7 Å². The molecule has 1 heterocycles. The molecule has 0 aliphatic carbocycles. The van der Waals surface area contributed by atoms with Gasteiger partial charge in [0.25, 0.3) is 5.91 Å². The predicted molar refractivity (Wildman–Crippen MR) is 108 cm³/mol. The van der Waals surface area contributed by atoms with Crippen LogP contribution in [0.3, 0.4) is 0 Å². The van der Waals surface area contributed by atoms with Crippen molar-refractivity contribution in [1.29, 1.82) is 0 Å². The molecular formula is C20H18Cl2N2O4. The fraction of sp³-hybridized carbons (Fsp3) is 0.200. The van der Waals surface area contributed by atoms with Crippen LogP contribution in [-0.2, 0) is 16.0 Å². The Morgan fingerprint density at radius 3 is 2.68 bits per heavy atom. The number of aliphatic carboxylic acids is 1. The van der Waals surface area contributed by atoms with Gasteiger partial charge < -0.3 is 20.1 Å². The summed E-state index contributed by atoms with van der Waals surface area (Å²) in [7, 11) is 0. The van der Waals surface area contributed by atoms with E-state index in [0.717, 1.165) is 16.5 Å². The Morgan fingerprint density at radius 1 is 1.21 bits per heavy atom. The lowest BCUT2D eigenvalue weighted by molar-refractivity contribution is -0.142. The third-order valence-corrected chi connectivity index (χ3v) is 4.81. The van der Waals surface area contributed by atoms with Crippen LogP contribution in [0.5, 0.6) is 5.75 Å². The average molecular weight is 421 g/mol. The van der Waals surface area contributed by atoms with Gasteiger partial charge in [0.05, 0.1) is 5.02 Å². The molecule has 0 aliphatic heterocycles. The minimum atomic E-state index is -1.13. The van der Waals surface area contributed by atoms with Crippen molar-refractivity contribution in [2.24, 2.45) is 0 Å². The van der Waals surface area contributed by atoms with Crippen molar-refractivity contribution < 1.29 is 19.4 Å². The van der Waals surface area contributed by atoms with E-state index in [-0.39, 0.29) is 17.2 Å². The molecule has 2 aromatic carbocycles. The van der Waals surface area contributed by atoms with E-state index in [4.69, 9.17) is 27.9 Å². The molecule has 0 aliphatic rings. The maximum absolute atomic E-state index is 12.5. The van der Waals surface area contributed by atoms with Gasteiger partial charge in [-0.3, -0.25) is 4.79 Å². The molecule has 3 N–H and O–H groups in total. The number of amides is 1. The number of ether oxygens (including phenoxy) is 1. The van der Waals surface area contributed by atoms with Crippen molar-refractivity contribution in [2.75, 3.05) is 0 Å². The van der Waals surface area contributed by atoms with E-state index in [1.807, 2.05) is 24.3 Å². The summed E-state index contributed by atoms with van der Waals surface area (Å²) in [6.07, 6.45) is 0.947. The number of benzene rings is 2. The largest absolute Gasteiger partial charge is 0.480 e. The van der Waals surface area contributed by atoms with Gasteiger partial charge in [0.2, 0.25) is 0 Å². The Labute approximate surface area is 171 Å². The standard InChI is InChI=1S/C20H18Cl2N2O4/c1-11(28-18-7-6-13(21)9-15(18)22)19(25)24-17(20(26)27)8-12-10-23-16-5-3-2-4-14(12)16/h2-7,9-11,17,23H,8H2,1H3,(H,24,25)(H,26,27). The fourth-order valence-corrected chi connectivity index (χ4v) is 3.28. The summed E-state index contributed by atoms with van der Waals surface area (Å²) in [5.41, 5.74) is 1.71. The molecule has 0 saturated heterocycles. The molecule has 0 fully saturated rings. The first-order chi connectivity index (χ1) is 13.3. The lowest BCUT2D eigenvalue weighted by atomic mass is 10.0. The molecule has 0 bridgehead atoms. The summed E-state index contributed by atoms with van der Waals surface area (Å²) in [5, 5.41) is 13.7. The van der Waals surface area contributed by atoms with Crippen molar-refractivity contribution in [3.63, 3.8) is 0 Å². The summed E-state index contributed by atoms with van der Waals surface area (Å²) in [6, 6.07) is 11.1. The number of hydrogen-bond acceptors (Lipinski definition) is 3. The number of aromatic amines is 1. The van der Waals surface area contributed by atoms with Crippen LogP contribution in [0.4, 0.5) is 0 Å². The zero-order chi connectivity index (χ0) is 20.3. The quantitative estimate of drug-likeness (QED) is 0.537. The third kappa shape index (κ3) is 4.58. The van der Waals surface area contributed by atoms with E-state index < -0.39 is 24.0 Å². The van der Waals surface area contributed by atoms with E-state index in [0.29, 0.717) is 5.02 Å². The molecule has 2 unspecified atom stereocenters. The number of carbonyl (C=O) groups is 2. The number of nitrogens with one attached hydrogen (secondary N) is 2. The number of rotatable bonds is 7. The zero-order valence-electron chi connectivity index (χ0n) is 14.9. The molecule has 6 nitrogen and oxygen atoms in total. The van der Waals surface area contributed by atoms with E-state index in [9.17, 15) is 14.7 Å². The molecule has 146 valence electrons. The van der Waals surface area contributed by atoms with Gasteiger partial charge >= 0.3 is 5.97 Å². The van der Waals surface area contributed by atoms with Gasteiger partial charge in [-0.15, -0.1) is 0 Å². The topological polar surface area (TPSA) is 91.4 Å². The minimum Gasteiger partial charge on any atom is -0.480 e. The minimum absolute atomic E-state index is 0.138. The first kappa shape index (κ1) is 20.0. The highest BCUT2D eigenvalue weighted by atomic mass is 35.5.